The van der Waals surface area contributed by atoms with Gasteiger partial charge in [0.2, 0.25) is 5.75 Å². The number of carbonyl (C=O) groups excluding carboxylic acids is 3. The molecule has 0 radical (unpaired) electrons. The Balaban J connectivity index is 1.40. The molecule has 11 heteroatoms. The highest BCUT2D eigenvalue weighted by molar-refractivity contribution is 6.04. The summed E-state index contributed by atoms with van der Waals surface area (Å²) < 4.78 is 27.3. The molecule has 0 aliphatic carbocycles. The molecule has 232 valence electrons. The third-order valence-electron chi connectivity index (χ3n) is 6.44. The standard InChI is InChI=1S/C34H33N3O8/c1-6-44-28-17-22(10-15-27(28)45-34(40)25-18-29(41-3)31(43-5)30(19-25)42-4)20-35-37-33(39)23-11-13-26(14-12-23)36-32(38)24-9-7-8-21(2)16-24/h7-20H,6H2,1-5H3,(H,36,38)(H,37,39)/b35-20-. The lowest BCUT2D eigenvalue weighted by Gasteiger charge is -2.15. The molecule has 4 rings (SSSR count). The summed E-state index contributed by atoms with van der Waals surface area (Å²) in [7, 11) is 4.37. The van der Waals surface area contributed by atoms with Gasteiger partial charge in [0.25, 0.3) is 11.8 Å². The summed E-state index contributed by atoms with van der Waals surface area (Å²) in [6.07, 6.45) is 1.43. The fourth-order valence-electron chi connectivity index (χ4n) is 4.24. The lowest BCUT2D eigenvalue weighted by Crippen LogP contribution is -2.18. The van der Waals surface area contributed by atoms with E-state index in [0.29, 0.717) is 52.0 Å². The van der Waals surface area contributed by atoms with Crippen molar-refractivity contribution in [1.29, 1.82) is 0 Å². The molecule has 0 fully saturated rings. The molecular formula is C34H33N3O8. The molecular weight excluding hydrogens is 578 g/mol. The predicted octanol–water partition coefficient (Wildman–Crippen LogP) is 5.65. The number of hydrogen-bond donors (Lipinski definition) is 2. The van der Waals surface area contributed by atoms with Crippen molar-refractivity contribution in [1.82, 2.24) is 5.43 Å². The van der Waals surface area contributed by atoms with Crippen molar-refractivity contribution in [2.75, 3.05) is 33.3 Å². The number of benzene rings is 4. The number of methoxy groups -OCH3 is 3. The van der Waals surface area contributed by atoms with Gasteiger partial charge >= 0.3 is 5.97 Å². The van der Waals surface area contributed by atoms with Gasteiger partial charge in [-0.1, -0.05) is 17.7 Å². The first-order valence-electron chi connectivity index (χ1n) is 13.9. The fourth-order valence-corrected chi connectivity index (χ4v) is 4.24. The summed E-state index contributed by atoms with van der Waals surface area (Å²) in [4.78, 5) is 38.1. The number of anilines is 1. The average Bonchev–Trinajstić information content (AvgIpc) is 3.05. The largest absolute Gasteiger partial charge is 0.493 e. The van der Waals surface area contributed by atoms with Gasteiger partial charge in [-0.2, -0.15) is 5.10 Å². The Morgan fingerprint density at radius 2 is 1.44 bits per heavy atom. The molecule has 0 heterocycles. The van der Waals surface area contributed by atoms with E-state index in [1.54, 1.807) is 61.5 Å². The normalized spacial score (nSPS) is 10.6. The van der Waals surface area contributed by atoms with Crippen LogP contribution in [0.1, 0.15) is 49.1 Å². The van der Waals surface area contributed by atoms with Crippen molar-refractivity contribution >= 4 is 29.7 Å². The Morgan fingerprint density at radius 3 is 2.07 bits per heavy atom. The van der Waals surface area contributed by atoms with Crippen LogP contribution in [-0.2, 0) is 0 Å². The van der Waals surface area contributed by atoms with E-state index < -0.39 is 11.9 Å². The summed E-state index contributed by atoms with van der Waals surface area (Å²) in [5.41, 5.74) is 5.67. The van der Waals surface area contributed by atoms with E-state index in [9.17, 15) is 14.4 Å². The number of carbonyl (C=O) groups is 3. The maximum Gasteiger partial charge on any atom is 0.343 e. The second-order valence-corrected chi connectivity index (χ2v) is 9.54. The molecule has 0 spiro atoms. The highest BCUT2D eigenvalue weighted by Gasteiger charge is 2.20. The SMILES string of the molecule is CCOc1cc(/C=N\NC(=O)c2ccc(NC(=O)c3cccc(C)c3)cc2)ccc1OC(=O)c1cc(OC)c(OC)c(OC)c1. The van der Waals surface area contributed by atoms with E-state index in [2.05, 4.69) is 15.8 Å². The predicted molar refractivity (Wildman–Crippen MR) is 169 cm³/mol. The third-order valence-corrected chi connectivity index (χ3v) is 6.44. The molecule has 4 aromatic rings. The highest BCUT2D eigenvalue weighted by atomic mass is 16.6. The number of aryl methyl sites for hydroxylation is 1. The first-order chi connectivity index (χ1) is 21.8. The van der Waals surface area contributed by atoms with E-state index >= 15 is 0 Å². The maximum absolute atomic E-state index is 13.0. The smallest absolute Gasteiger partial charge is 0.343 e. The Morgan fingerprint density at radius 1 is 0.733 bits per heavy atom. The van der Waals surface area contributed by atoms with Crippen molar-refractivity contribution in [2.45, 2.75) is 13.8 Å². The highest BCUT2D eigenvalue weighted by Crippen LogP contribution is 2.39. The van der Waals surface area contributed by atoms with E-state index in [1.165, 1.54) is 39.7 Å². The number of hydrazone groups is 1. The van der Waals surface area contributed by atoms with Gasteiger partial charge in [-0.25, -0.2) is 10.2 Å². The van der Waals surface area contributed by atoms with Crippen molar-refractivity contribution in [3.63, 3.8) is 0 Å². The van der Waals surface area contributed by atoms with Gasteiger partial charge in [0.05, 0.1) is 39.7 Å². The number of rotatable bonds is 12. The molecule has 0 aliphatic rings. The zero-order valence-electron chi connectivity index (χ0n) is 25.5. The van der Waals surface area contributed by atoms with Gasteiger partial charge in [-0.15, -0.1) is 0 Å². The second-order valence-electron chi connectivity index (χ2n) is 9.54. The van der Waals surface area contributed by atoms with Gasteiger partial charge in [-0.3, -0.25) is 9.59 Å². The number of nitrogens with one attached hydrogen (secondary N) is 2. The number of esters is 1. The maximum atomic E-state index is 13.0. The van der Waals surface area contributed by atoms with Crippen LogP contribution in [0.15, 0.2) is 84.0 Å². The van der Waals surface area contributed by atoms with E-state index in [1.807, 2.05) is 19.1 Å². The summed E-state index contributed by atoms with van der Waals surface area (Å²) in [6.45, 7) is 4.02. The molecule has 0 saturated heterocycles. The molecule has 0 aliphatic heterocycles. The van der Waals surface area contributed by atoms with Crippen LogP contribution in [0, 0.1) is 6.92 Å². The molecule has 11 nitrogen and oxygen atoms in total. The van der Waals surface area contributed by atoms with Gasteiger partial charge in [0.15, 0.2) is 23.0 Å². The zero-order chi connectivity index (χ0) is 32.3. The summed E-state index contributed by atoms with van der Waals surface area (Å²) in [6, 6.07) is 21.5. The minimum atomic E-state index is -0.662. The van der Waals surface area contributed by atoms with E-state index in [-0.39, 0.29) is 17.2 Å². The monoisotopic (exact) mass is 611 g/mol. The molecule has 2 amide bonds. The van der Waals surface area contributed by atoms with Crippen LogP contribution in [0.5, 0.6) is 28.7 Å². The summed E-state index contributed by atoms with van der Waals surface area (Å²) >= 11 is 0. The Hall–Kier alpha value is -5.84. The van der Waals surface area contributed by atoms with Crippen molar-refractivity contribution in [3.05, 3.63) is 107 Å². The zero-order valence-corrected chi connectivity index (χ0v) is 25.5. The number of hydrogen-bond acceptors (Lipinski definition) is 9. The average molecular weight is 612 g/mol. The van der Waals surface area contributed by atoms with Crippen LogP contribution in [0.25, 0.3) is 0 Å². The van der Waals surface area contributed by atoms with Crippen LogP contribution in [0.2, 0.25) is 0 Å². The molecule has 0 atom stereocenters. The minimum Gasteiger partial charge on any atom is -0.493 e. The van der Waals surface area contributed by atoms with Gasteiger partial charge < -0.3 is 29.0 Å². The summed E-state index contributed by atoms with van der Waals surface area (Å²) in [5, 5.41) is 6.85. The lowest BCUT2D eigenvalue weighted by molar-refractivity contribution is 0.0727. The number of nitrogens with zero attached hydrogens (tertiary/aromatic N) is 1. The third kappa shape index (κ3) is 8.17. The number of amides is 2. The van der Waals surface area contributed by atoms with E-state index in [4.69, 9.17) is 23.7 Å². The number of ether oxygens (including phenoxy) is 5. The molecule has 0 bridgehead atoms. The molecule has 0 saturated carbocycles. The molecule has 0 unspecified atom stereocenters. The lowest BCUT2D eigenvalue weighted by atomic mass is 10.1. The molecule has 4 aromatic carbocycles. The van der Waals surface area contributed by atoms with Gasteiger partial charge in [-0.05, 0) is 86.1 Å². The van der Waals surface area contributed by atoms with Crippen LogP contribution < -0.4 is 34.4 Å². The Kier molecular flexibility index (Phi) is 10.7. The van der Waals surface area contributed by atoms with Crippen LogP contribution in [0.4, 0.5) is 5.69 Å². The minimum absolute atomic E-state index is 0.182. The molecule has 45 heavy (non-hydrogen) atoms. The van der Waals surface area contributed by atoms with Crippen LogP contribution in [0.3, 0.4) is 0 Å². The molecule has 2 N–H and O–H groups in total. The van der Waals surface area contributed by atoms with Crippen molar-refractivity contribution in [3.8, 4) is 28.7 Å². The summed E-state index contributed by atoms with van der Waals surface area (Å²) in [5.74, 6) is 0.110. The first kappa shape index (κ1) is 32.1. The Bertz CT molecular complexity index is 1690. The van der Waals surface area contributed by atoms with E-state index in [0.717, 1.165) is 5.56 Å². The van der Waals surface area contributed by atoms with Crippen molar-refractivity contribution in [2.24, 2.45) is 5.10 Å². The van der Waals surface area contributed by atoms with Crippen LogP contribution in [-0.4, -0.2) is 51.9 Å². The van der Waals surface area contributed by atoms with Crippen molar-refractivity contribution < 1.29 is 38.1 Å². The van der Waals surface area contributed by atoms with Gasteiger partial charge in [0, 0.05) is 16.8 Å². The first-order valence-corrected chi connectivity index (χ1v) is 13.9. The molecule has 0 aromatic heterocycles. The van der Waals surface area contributed by atoms with Gasteiger partial charge in [0.1, 0.15) is 0 Å². The topological polar surface area (TPSA) is 134 Å². The Labute approximate surface area is 260 Å². The quantitative estimate of drug-likeness (QED) is 0.0908. The van der Waals surface area contributed by atoms with Crippen LogP contribution >= 0.6 is 0 Å². The fraction of sp³-hybridized carbons (Fsp3) is 0.176. The second kappa shape index (κ2) is 15.1.